The molecule has 0 saturated carbocycles. The molecular formula is C24H29N5O2. The third-order valence-corrected chi connectivity index (χ3v) is 6.33. The van der Waals surface area contributed by atoms with E-state index in [-0.39, 0.29) is 11.9 Å². The number of carbonyl (C=O) groups excluding carboxylic acids is 1. The number of aliphatic imine (C=N–C) groups is 1. The van der Waals surface area contributed by atoms with Crippen LogP contribution in [0.3, 0.4) is 0 Å². The zero-order valence-corrected chi connectivity index (χ0v) is 17.9. The first-order chi connectivity index (χ1) is 15.1. The summed E-state index contributed by atoms with van der Waals surface area (Å²) in [7, 11) is 2.11. The van der Waals surface area contributed by atoms with Crippen LogP contribution in [0.1, 0.15) is 29.2 Å². The molecule has 7 nitrogen and oxygen atoms in total. The van der Waals surface area contributed by atoms with Crippen LogP contribution in [0.15, 0.2) is 47.5 Å². The Labute approximate surface area is 183 Å². The number of piperazine rings is 1. The number of nitrogens with zero attached hydrogens (tertiary/aromatic N) is 3. The number of nitrogens with one attached hydrogen (secondary N) is 2. The molecule has 1 unspecified atom stereocenters. The van der Waals surface area contributed by atoms with Gasteiger partial charge in [-0.2, -0.15) is 0 Å². The van der Waals surface area contributed by atoms with Crippen molar-refractivity contribution in [3.05, 3.63) is 59.2 Å². The molecule has 0 bridgehead atoms. The van der Waals surface area contributed by atoms with Crippen LogP contribution in [0.25, 0.3) is 0 Å². The summed E-state index contributed by atoms with van der Waals surface area (Å²) in [5.41, 5.74) is 5.47. The number of fused-ring (bicyclic) bond motifs is 2. The summed E-state index contributed by atoms with van der Waals surface area (Å²) < 4.78 is 5.89. The Morgan fingerprint density at radius 1 is 1.16 bits per heavy atom. The standard InChI is InChI=1S/C24H29N5O2/c1-28-10-12-29(13-11-28)15-23(30)25-19-7-9-21-18(14-19)16-31-24(26-21)27-22-8-6-17-4-2-3-5-20(17)22/h2-5,7,9,14,22H,6,8,10-13,15-16H2,1H3,(H,25,30)(H,26,27). The van der Waals surface area contributed by atoms with Gasteiger partial charge in [0.05, 0.1) is 12.6 Å². The maximum atomic E-state index is 12.4. The van der Waals surface area contributed by atoms with Gasteiger partial charge < -0.3 is 20.3 Å². The quantitative estimate of drug-likeness (QED) is 0.798. The number of ether oxygens (including phenoxy) is 1. The normalized spacial score (nSPS) is 22.4. The molecule has 2 aromatic rings. The minimum Gasteiger partial charge on any atom is -0.460 e. The molecule has 2 heterocycles. The highest BCUT2D eigenvalue weighted by Crippen LogP contribution is 2.34. The molecule has 1 atom stereocenters. The Bertz CT molecular complexity index is 997. The molecule has 0 spiro atoms. The van der Waals surface area contributed by atoms with E-state index in [1.807, 2.05) is 18.2 Å². The summed E-state index contributed by atoms with van der Waals surface area (Å²) in [6.07, 6.45) is 2.07. The van der Waals surface area contributed by atoms with Gasteiger partial charge in [-0.1, -0.05) is 24.3 Å². The van der Waals surface area contributed by atoms with E-state index in [1.165, 1.54) is 11.1 Å². The summed E-state index contributed by atoms with van der Waals surface area (Å²) in [4.78, 5) is 21.7. The molecule has 2 aliphatic heterocycles. The van der Waals surface area contributed by atoms with Crippen LogP contribution >= 0.6 is 0 Å². The molecule has 0 aromatic heterocycles. The molecule has 5 rings (SSSR count). The number of rotatable bonds is 4. The van der Waals surface area contributed by atoms with Crippen LogP contribution in [0.4, 0.5) is 11.4 Å². The molecule has 2 aromatic carbocycles. The van der Waals surface area contributed by atoms with Crippen LogP contribution in [0, 0.1) is 0 Å². The van der Waals surface area contributed by atoms with Gasteiger partial charge in [0.2, 0.25) is 5.91 Å². The lowest BCUT2D eigenvalue weighted by atomic mass is 10.1. The second-order valence-electron chi connectivity index (χ2n) is 8.60. The molecule has 1 aliphatic carbocycles. The van der Waals surface area contributed by atoms with Crippen LogP contribution in [-0.2, 0) is 22.6 Å². The van der Waals surface area contributed by atoms with Crippen LogP contribution in [0.2, 0.25) is 0 Å². The summed E-state index contributed by atoms with van der Waals surface area (Å²) >= 11 is 0. The van der Waals surface area contributed by atoms with E-state index < -0.39 is 0 Å². The lowest BCUT2D eigenvalue weighted by Crippen LogP contribution is -2.47. The summed E-state index contributed by atoms with van der Waals surface area (Å²) in [6, 6.07) is 15.1. The summed E-state index contributed by atoms with van der Waals surface area (Å²) in [5, 5.41) is 6.33. The second-order valence-corrected chi connectivity index (χ2v) is 8.60. The zero-order chi connectivity index (χ0) is 21.2. The number of carbonyl (C=O) groups is 1. The number of amidine groups is 1. The minimum atomic E-state index is 0.0244. The number of likely N-dealkylation sites (N-methyl/N-ethyl adjacent to an activating group) is 1. The molecule has 1 fully saturated rings. The number of hydrogen-bond donors (Lipinski definition) is 2. The minimum absolute atomic E-state index is 0.0244. The van der Waals surface area contributed by atoms with E-state index in [4.69, 9.17) is 9.73 Å². The molecule has 2 N–H and O–H groups in total. The maximum absolute atomic E-state index is 12.4. The summed E-state index contributed by atoms with van der Waals surface area (Å²) in [6.45, 7) is 4.74. The van der Waals surface area contributed by atoms with Crippen molar-refractivity contribution in [1.29, 1.82) is 0 Å². The van der Waals surface area contributed by atoms with Crippen molar-refractivity contribution < 1.29 is 9.53 Å². The molecule has 31 heavy (non-hydrogen) atoms. The van der Waals surface area contributed by atoms with Crippen molar-refractivity contribution in [3.63, 3.8) is 0 Å². The largest absolute Gasteiger partial charge is 0.460 e. The van der Waals surface area contributed by atoms with Crippen molar-refractivity contribution in [2.75, 3.05) is 50.4 Å². The van der Waals surface area contributed by atoms with Gasteiger partial charge in [-0.05, 0) is 49.2 Å². The first kappa shape index (κ1) is 20.0. The molecule has 7 heteroatoms. The van der Waals surface area contributed by atoms with Crippen molar-refractivity contribution in [1.82, 2.24) is 9.80 Å². The topological polar surface area (TPSA) is 69.2 Å². The Kier molecular flexibility index (Phi) is 5.61. The highest BCUT2D eigenvalue weighted by molar-refractivity contribution is 5.95. The average molecular weight is 420 g/mol. The third-order valence-electron chi connectivity index (χ3n) is 6.33. The number of anilines is 2. The van der Waals surface area contributed by atoms with Crippen molar-refractivity contribution in [2.45, 2.75) is 25.5 Å². The van der Waals surface area contributed by atoms with E-state index in [9.17, 15) is 4.79 Å². The zero-order valence-electron chi connectivity index (χ0n) is 17.9. The highest BCUT2D eigenvalue weighted by atomic mass is 16.5. The molecule has 162 valence electrons. The lowest BCUT2D eigenvalue weighted by molar-refractivity contribution is -0.117. The van der Waals surface area contributed by atoms with Gasteiger partial charge in [-0.15, -0.1) is 0 Å². The number of aryl methyl sites for hydroxylation is 1. The first-order valence-corrected chi connectivity index (χ1v) is 11.0. The van der Waals surface area contributed by atoms with Crippen molar-refractivity contribution >= 4 is 23.3 Å². The SMILES string of the molecule is CN1CCN(CC(=O)Nc2ccc3c(c2)COC(=NC2CCc4ccccc42)N3)CC1. The fourth-order valence-electron chi connectivity index (χ4n) is 4.50. The Morgan fingerprint density at radius 3 is 2.87 bits per heavy atom. The van der Waals surface area contributed by atoms with E-state index in [1.54, 1.807) is 0 Å². The van der Waals surface area contributed by atoms with Crippen LogP contribution < -0.4 is 10.6 Å². The van der Waals surface area contributed by atoms with Gasteiger partial charge in [0, 0.05) is 43.1 Å². The molecule has 1 saturated heterocycles. The average Bonchev–Trinajstić information content (AvgIpc) is 3.18. The molecule has 3 aliphatic rings. The first-order valence-electron chi connectivity index (χ1n) is 11.0. The van der Waals surface area contributed by atoms with Crippen molar-refractivity contribution in [3.8, 4) is 0 Å². The number of benzene rings is 2. The summed E-state index contributed by atoms with van der Waals surface area (Å²) in [5.74, 6) is 0.0244. The van der Waals surface area contributed by atoms with Gasteiger partial charge >= 0.3 is 0 Å². The van der Waals surface area contributed by atoms with E-state index >= 15 is 0 Å². The Hall–Kier alpha value is -2.90. The number of amides is 1. The monoisotopic (exact) mass is 419 g/mol. The smallest absolute Gasteiger partial charge is 0.290 e. The van der Waals surface area contributed by atoms with E-state index in [0.29, 0.717) is 19.2 Å². The third kappa shape index (κ3) is 4.57. The molecular weight excluding hydrogens is 390 g/mol. The lowest BCUT2D eigenvalue weighted by Gasteiger charge is -2.31. The van der Waals surface area contributed by atoms with Gasteiger partial charge in [-0.25, -0.2) is 4.99 Å². The molecule has 1 amide bonds. The van der Waals surface area contributed by atoms with Gasteiger partial charge in [0.25, 0.3) is 6.02 Å². The predicted octanol–water partition coefficient (Wildman–Crippen LogP) is 2.86. The van der Waals surface area contributed by atoms with Gasteiger partial charge in [0.1, 0.15) is 6.61 Å². The fraction of sp³-hybridized carbons (Fsp3) is 0.417. The second kappa shape index (κ2) is 8.69. The maximum Gasteiger partial charge on any atom is 0.290 e. The predicted molar refractivity (Wildman–Crippen MR) is 122 cm³/mol. The van der Waals surface area contributed by atoms with Crippen molar-refractivity contribution in [2.24, 2.45) is 4.99 Å². The molecule has 0 radical (unpaired) electrons. The Morgan fingerprint density at radius 2 is 2.00 bits per heavy atom. The van der Waals surface area contributed by atoms with Gasteiger partial charge in [0.15, 0.2) is 0 Å². The fourth-order valence-corrected chi connectivity index (χ4v) is 4.50. The van der Waals surface area contributed by atoms with Gasteiger partial charge in [-0.3, -0.25) is 9.69 Å². The van der Waals surface area contributed by atoms with Crippen LogP contribution in [0.5, 0.6) is 0 Å². The van der Waals surface area contributed by atoms with Crippen LogP contribution in [-0.4, -0.2) is 61.5 Å². The van der Waals surface area contributed by atoms with E-state index in [2.05, 4.69) is 51.7 Å². The highest BCUT2D eigenvalue weighted by Gasteiger charge is 2.24. The number of hydrogen-bond acceptors (Lipinski definition) is 5. The Balaban J connectivity index is 1.20. The van der Waals surface area contributed by atoms with E-state index in [0.717, 1.165) is 56.0 Å².